The first-order valence-corrected chi connectivity index (χ1v) is 7.94. The van der Waals surface area contributed by atoms with Crippen LogP contribution in [0, 0.1) is 0 Å². The quantitative estimate of drug-likeness (QED) is 0.846. The first-order valence-electron chi connectivity index (χ1n) is 6.43. The Labute approximate surface area is 114 Å². The van der Waals surface area contributed by atoms with E-state index in [9.17, 15) is 13.5 Å². The van der Waals surface area contributed by atoms with E-state index in [2.05, 4.69) is 0 Å². The first kappa shape index (κ1) is 14.5. The molecule has 0 heterocycles. The molecular weight excluding hydrogens is 264 g/mol. The van der Waals surface area contributed by atoms with Crippen molar-refractivity contribution in [2.75, 3.05) is 6.54 Å². The number of nitrogens with two attached hydrogens (primary N) is 1. The van der Waals surface area contributed by atoms with Gasteiger partial charge in [0.2, 0.25) is 0 Å². The molecule has 106 valence electrons. The molecule has 1 fully saturated rings. The van der Waals surface area contributed by atoms with Crippen LogP contribution in [0.3, 0.4) is 0 Å². The van der Waals surface area contributed by atoms with Gasteiger partial charge in [0.25, 0.3) is 10.2 Å². The maximum atomic E-state index is 11.7. The largest absolute Gasteiger partial charge is 0.389 e. The highest BCUT2D eigenvalue weighted by Gasteiger charge is 2.35. The summed E-state index contributed by atoms with van der Waals surface area (Å²) in [7, 11) is -3.82. The predicted octanol–water partition coefficient (Wildman–Crippen LogP) is 0.997. The summed E-state index contributed by atoms with van der Waals surface area (Å²) in [5, 5.41) is 15.6. The fourth-order valence-corrected chi connectivity index (χ4v) is 3.29. The average molecular weight is 284 g/mol. The Morgan fingerprint density at radius 1 is 1.21 bits per heavy atom. The molecule has 0 aliphatic heterocycles. The minimum absolute atomic E-state index is 0.0702. The third-order valence-electron chi connectivity index (χ3n) is 3.57. The Hall–Kier alpha value is -0.950. The van der Waals surface area contributed by atoms with Gasteiger partial charge in [-0.2, -0.15) is 12.7 Å². The van der Waals surface area contributed by atoms with Crippen molar-refractivity contribution in [2.45, 2.75) is 37.8 Å². The monoisotopic (exact) mass is 284 g/mol. The molecular formula is C13H20N2O3S. The molecule has 5 nitrogen and oxygen atoms in total. The van der Waals surface area contributed by atoms with E-state index in [1.54, 1.807) is 0 Å². The number of rotatable bonds is 5. The lowest BCUT2D eigenvalue weighted by atomic mass is 10.0. The molecule has 0 bridgehead atoms. The van der Waals surface area contributed by atoms with Crippen molar-refractivity contribution in [2.24, 2.45) is 5.14 Å². The summed E-state index contributed by atoms with van der Waals surface area (Å²) >= 11 is 0. The van der Waals surface area contributed by atoms with E-state index in [1.165, 1.54) is 0 Å². The van der Waals surface area contributed by atoms with Gasteiger partial charge in [-0.05, 0) is 18.4 Å². The zero-order valence-electron chi connectivity index (χ0n) is 10.8. The van der Waals surface area contributed by atoms with Crippen LogP contribution in [-0.2, 0) is 16.8 Å². The number of hydrogen-bond acceptors (Lipinski definition) is 3. The van der Waals surface area contributed by atoms with E-state index in [4.69, 9.17) is 5.14 Å². The molecule has 6 heteroatoms. The number of benzene rings is 1. The molecule has 1 aliphatic rings. The van der Waals surface area contributed by atoms with Gasteiger partial charge in [0.1, 0.15) is 0 Å². The molecule has 1 aromatic carbocycles. The summed E-state index contributed by atoms with van der Waals surface area (Å²) in [5.74, 6) is 0. The zero-order valence-corrected chi connectivity index (χ0v) is 11.6. The molecule has 3 N–H and O–H groups in total. The van der Waals surface area contributed by atoms with Crippen molar-refractivity contribution in [1.82, 2.24) is 4.31 Å². The lowest BCUT2D eigenvalue weighted by molar-refractivity contribution is 0.0279. The van der Waals surface area contributed by atoms with Crippen LogP contribution >= 0.6 is 0 Å². The molecule has 0 amide bonds. The highest BCUT2D eigenvalue weighted by Crippen LogP contribution is 2.31. The molecule has 1 aliphatic carbocycles. The first-order chi connectivity index (χ1) is 8.89. The Morgan fingerprint density at radius 3 is 2.32 bits per heavy atom. The number of aliphatic hydroxyl groups is 1. The van der Waals surface area contributed by atoms with Crippen LogP contribution in [0.1, 0.15) is 31.2 Å². The van der Waals surface area contributed by atoms with Crippen LogP contribution in [0.15, 0.2) is 30.3 Å². The van der Waals surface area contributed by atoms with Gasteiger partial charge < -0.3 is 5.11 Å². The van der Waals surface area contributed by atoms with E-state index in [0.717, 1.165) is 22.7 Å². The molecule has 0 aromatic heterocycles. The standard InChI is InChI=1S/C13H20N2O3S/c14-19(17,18)15(10-12-6-2-1-3-7-12)11-13(16)8-4-5-9-13/h1-3,6-7,16H,4-5,8-11H2,(H2,14,17,18). The Bertz CT molecular complexity index is 510. The fraction of sp³-hybridized carbons (Fsp3) is 0.538. The third-order valence-corrected chi connectivity index (χ3v) is 4.54. The van der Waals surface area contributed by atoms with E-state index in [1.807, 2.05) is 30.3 Å². The van der Waals surface area contributed by atoms with Gasteiger partial charge in [-0.1, -0.05) is 43.2 Å². The Kier molecular flexibility index (Phi) is 4.25. The highest BCUT2D eigenvalue weighted by molar-refractivity contribution is 7.86. The van der Waals surface area contributed by atoms with Gasteiger partial charge in [0, 0.05) is 13.1 Å². The molecule has 0 saturated heterocycles. The predicted molar refractivity (Wildman–Crippen MR) is 73.4 cm³/mol. The van der Waals surface area contributed by atoms with Gasteiger partial charge in [-0.25, -0.2) is 5.14 Å². The normalized spacial score (nSPS) is 18.9. The molecule has 0 spiro atoms. The Balaban J connectivity index is 2.13. The topological polar surface area (TPSA) is 83.6 Å². The second-order valence-electron chi connectivity index (χ2n) is 5.23. The zero-order chi connectivity index (χ0) is 13.9. The summed E-state index contributed by atoms with van der Waals surface area (Å²) < 4.78 is 24.5. The smallest absolute Gasteiger partial charge is 0.277 e. The minimum atomic E-state index is -3.82. The van der Waals surface area contributed by atoms with E-state index in [0.29, 0.717) is 12.8 Å². The summed E-state index contributed by atoms with van der Waals surface area (Å²) in [6.07, 6.45) is 3.13. The highest BCUT2D eigenvalue weighted by atomic mass is 32.2. The van der Waals surface area contributed by atoms with Gasteiger partial charge >= 0.3 is 0 Å². The summed E-state index contributed by atoms with van der Waals surface area (Å²) in [6, 6.07) is 9.25. The fourth-order valence-electron chi connectivity index (χ4n) is 2.54. The minimum Gasteiger partial charge on any atom is -0.389 e. The molecule has 1 saturated carbocycles. The molecule has 2 rings (SSSR count). The Morgan fingerprint density at radius 2 is 1.79 bits per heavy atom. The van der Waals surface area contributed by atoms with Crippen molar-refractivity contribution in [3.63, 3.8) is 0 Å². The third kappa shape index (κ3) is 4.01. The van der Waals surface area contributed by atoms with E-state index < -0.39 is 15.8 Å². The average Bonchev–Trinajstić information content (AvgIpc) is 2.75. The second kappa shape index (κ2) is 5.58. The lowest BCUT2D eigenvalue weighted by Crippen LogP contribution is -2.46. The SMILES string of the molecule is NS(=O)(=O)N(Cc1ccccc1)CC1(O)CCCC1. The lowest BCUT2D eigenvalue weighted by Gasteiger charge is -2.29. The summed E-state index contributed by atoms with van der Waals surface area (Å²) in [4.78, 5) is 0. The summed E-state index contributed by atoms with van der Waals surface area (Å²) in [6.45, 7) is 0.267. The van der Waals surface area contributed by atoms with Crippen molar-refractivity contribution < 1.29 is 13.5 Å². The van der Waals surface area contributed by atoms with Crippen LogP contribution in [0.25, 0.3) is 0 Å². The van der Waals surface area contributed by atoms with Gasteiger partial charge in [0.15, 0.2) is 0 Å². The van der Waals surface area contributed by atoms with Gasteiger partial charge in [0.05, 0.1) is 5.60 Å². The summed E-state index contributed by atoms with van der Waals surface area (Å²) in [5.41, 5.74) is -0.0700. The molecule has 0 atom stereocenters. The van der Waals surface area contributed by atoms with E-state index >= 15 is 0 Å². The molecule has 1 aromatic rings. The van der Waals surface area contributed by atoms with Crippen LogP contribution in [0.4, 0.5) is 0 Å². The number of hydrogen-bond donors (Lipinski definition) is 2. The van der Waals surface area contributed by atoms with Crippen LogP contribution in [0.5, 0.6) is 0 Å². The van der Waals surface area contributed by atoms with Gasteiger partial charge in [-0.3, -0.25) is 0 Å². The molecule has 0 radical (unpaired) electrons. The molecule has 19 heavy (non-hydrogen) atoms. The van der Waals surface area contributed by atoms with Crippen molar-refractivity contribution in [1.29, 1.82) is 0 Å². The molecule has 0 unspecified atom stereocenters. The van der Waals surface area contributed by atoms with Gasteiger partial charge in [-0.15, -0.1) is 0 Å². The maximum absolute atomic E-state index is 11.7. The van der Waals surface area contributed by atoms with Crippen LogP contribution < -0.4 is 5.14 Å². The maximum Gasteiger partial charge on any atom is 0.277 e. The van der Waals surface area contributed by atoms with Crippen molar-refractivity contribution >= 4 is 10.2 Å². The second-order valence-corrected chi connectivity index (χ2v) is 6.78. The van der Waals surface area contributed by atoms with Crippen LogP contribution in [0.2, 0.25) is 0 Å². The van der Waals surface area contributed by atoms with Crippen molar-refractivity contribution in [3.8, 4) is 0 Å². The number of nitrogens with zero attached hydrogens (tertiary/aromatic N) is 1. The van der Waals surface area contributed by atoms with E-state index in [-0.39, 0.29) is 13.1 Å². The van der Waals surface area contributed by atoms with Crippen molar-refractivity contribution in [3.05, 3.63) is 35.9 Å². The van der Waals surface area contributed by atoms with Crippen LogP contribution in [-0.4, -0.2) is 30.0 Å².